The van der Waals surface area contributed by atoms with Gasteiger partial charge in [-0.05, 0) is 36.6 Å². The Morgan fingerprint density at radius 3 is 2.52 bits per heavy atom. The van der Waals surface area contributed by atoms with Crippen LogP contribution in [0.15, 0.2) is 48.5 Å². The van der Waals surface area contributed by atoms with E-state index in [9.17, 15) is 19.3 Å². The van der Waals surface area contributed by atoms with Crippen LogP contribution in [0.4, 0.5) is 15.8 Å². The van der Waals surface area contributed by atoms with Crippen LogP contribution >= 0.6 is 0 Å². The summed E-state index contributed by atoms with van der Waals surface area (Å²) >= 11 is 0. The molecule has 7 heteroatoms. The number of amides is 1. The van der Waals surface area contributed by atoms with E-state index in [0.717, 1.165) is 18.4 Å². The Kier molecular flexibility index (Phi) is 5.04. The quantitative estimate of drug-likeness (QED) is 0.618. The van der Waals surface area contributed by atoms with Crippen molar-refractivity contribution in [2.24, 2.45) is 0 Å². The number of hydrogen-bond acceptors (Lipinski definition) is 4. The fraction of sp³-hybridized carbons (Fsp3) is 0.278. The number of nitrogens with zero attached hydrogens (tertiary/aromatic N) is 2. The fourth-order valence-corrected chi connectivity index (χ4v) is 2.69. The van der Waals surface area contributed by atoms with E-state index >= 15 is 0 Å². The zero-order valence-electron chi connectivity index (χ0n) is 13.5. The lowest BCUT2D eigenvalue weighted by molar-refractivity contribution is -0.383. The van der Waals surface area contributed by atoms with E-state index in [1.165, 1.54) is 24.3 Å². The molecular formula is C18H18FN3O3. The van der Waals surface area contributed by atoms with E-state index in [1.807, 2.05) is 4.90 Å². The first-order valence-corrected chi connectivity index (χ1v) is 8.04. The van der Waals surface area contributed by atoms with Crippen LogP contribution in [0.2, 0.25) is 0 Å². The van der Waals surface area contributed by atoms with Crippen LogP contribution in [0.5, 0.6) is 0 Å². The second-order valence-electron chi connectivity index (χ2n) is 6.09. The van der Waals surface area contributed by atoms with Gasteiger partial charge in [0.2, 0.25) is 5.91 Å². The zero-order valence-corrected chi connectivity index (χ0v) is 13.5. The van der Waals surface area contributed by atoms with Gasteiger partial charge < -0.3 is 5.32 Å². The minimum Gasteiger partial charge on any atom is -0.319 e. The number of nitro groups is 1. The molecule has 1 aliphatic carbocycles. The lowest BCUT2D eigenvalue weighted by Gasteiger charge is -2.21. The van der Waals surface area contributed by atoms with Crippen molar-refractivity contribution in [3.8, 4) is 0 Å². The second kappa shape index (κ2) is 7.40. The number of hydrogen-bond donors (Lipinski definition) is 1. The Hall–Kier alpha value is -2.80. The van der Waals surface area contributed by atoms with Crippen LogP contribution in [0.1, 0.15) is 18.4 Å². The highest BCUT2D eigenvalue weighted by Gasteiger charge is 2.30. The van der Waals surface area contributed by atoms with Gasteiger partial charge in [-0.25, -0.2) is 4.39 Å². The molecule has 2 aromatic carbocycles. The first-order chi connectivity index (χ1) is 12.0. The molecule has 130 valence electrons. The highest BCUT2D eigenvalue weighted by Crippen LogP contribution is 2.29. The highest BCUT2D eigenvalue weighted by atomic mass is 19.1. The summed E-state index contributed by atoms with van der Waals surface area (Å²) in [5.74, 6) is -0.598. The highest BCUT2D eigenvalue weighted by molar-refractivity contribution is 5.94. The summed E-state index contributed by atoms with van der Waals surface area (Å²) in [6.45, 7) is 0.670. The van der Waals surface area contributed by atoms with E-state index in [1.54, 1.807) is 24.3 Å². The molecule has 2 aromatic rings. The molecule has 25 heavy (non-hydrogen) atoms. The number of nitro benzene ring substituents is 1. The van der Waals surface area contributed by atoms with Crippen molar-refractivity contribution in [1.29, 1.82) is 0 Å². The van der Waals surface area contributed by atoms with E-state index in [-0.39, 0.29) is 29.6 Å². The van der Waals surface area contributed by atoms with Gasteiger partial charge >= 0.3 is 0 Å². The van der Waals surface area contributed by atoms with Gasteiger partial charge in [0.1, 0.15) is 11.5 Å². The summed E-state index contributed by atoms with van der Waals surface area (Å²) in [6.07, 6.45) is 2.03. The Morgan fingerprint density at radius 1 is 1.20 bits per heavy atom. The maximum atomic E-state index is 13.0. The van der Waals surface area contributed by atoms with Crippen LogP contribution in [0, 0.1) is 15.9 Å². The summed E-state index contributed by atoms with van der Waals surface area (Å²) in [4.78, 5) is 24.9. The van der Waals surface area contributed by atoms with Crippen molar-refractivity contribution in [3.63, 3.8) is 0 Å². The number of carbonyl (C=O) groups excluding carboxylic acids is 1. The molecule has 0 bridgehead atoms. The lowest BCUT2D eigenvalue weighted by Crippen LogP contribution is -2.34. The monoisotopic (exact) mass is 343 g/mol. The molecule has 0 unspecified atom stereocenters. The Bertz CT molecular complexity index is 775. The van der Waals surface area contributed by atoms with Gasteiger partial charge in [-0.1, -0.05) is 24.3 Å². The molecule has 3 rings (SSSR count). The van der Waals surface area contributed by atoms with Crippen LogP contribution in [-0.4, -0.2) is 28.3 Å². The predicted molar refractivity (Wildman–Crippen MR) is 91.6 cm³/mol. The van der Waals surface area contributed by atoms with E-state index in [2.05, 4.69) is 5.32 Å². The molecule has 1 fully saturated rings. The Labute approximate surface area is 144 Å². The molecule has 0 saturated heterocycles. The molecule has 0 heterocycles. The fourth-order valence-electron chi connectivity index (χ4n) is 2.69. The van der Waals surface area contributed by atoms with E-state index in [4.69, 9.17) is 0 Å². The molecule has 1 amide bonds. The van der Waals surface area contributed by atoms with Crippen molar-refractivity contribution < 1.29 is 14.1 Å². The summed E-state index contributed by atoms with van der Waals surface area (Å²) in [5, 5.41) is 13.6. The third kappa shape index (κ3) is 4.60. The minimum atomic E-state index is -0.521. The first kappa shape index (κ1) is 17.0. The number of nitrogens with one attached hydrogen (secondary N) is 1. The van der Waals surface area contributed by atoms with Crippen LogP contribution in [0.25, 0.3) is 0 Å². The molecule has 6 nitrogen and oxygen atoms in total. The van der Waals surface area contributed by atoms with Gasteiger partial charge in [-0.2, -0.15) is 0 Å². The SMILES string of the molecule is O=C(CN(Cc1ccc(F)cc1)C1CC1)Nc1ccccc1[N+](=O)[O-]. The van der Waals surface area contributed by atoms with E-state index < -0.39 is 4.92 Å². The number of halogens is 1. The average molecular weight is 343 g/mol. The number of carbonyl (C=O) groups is 1. The summed E-state index contributed by atoms with van der Waals surface area (Å²) in [5.41, 5.74) is 0.981. The number of benzene rings is 2. The van der Waals surface area contributed by atoms with Crippen molar-refractivity contribution in [2.45, 2.75) is 25.4 Å². The summed E-state index contributed by atoms with van der Waals surface area (Å²) in [7, 11) is 0. The summed E-state index contributed by atoms with van der Waals surface area (Å²) in [6, 6.07) is 12.6. The normalized spacial score (nSPS) is 13.7. The molecule has 0 aliphatic heterocycles. The molecule has 1 N–H and O–H groups in total. The van der Waals surface area contributed by atoms with Crippen molar-refractivity contribution in [3.05, 3.63) is 70.0 Å². The molecule has 0 spiro atoms. The van der Waals surface area contributed by atoms with Crippen molar-refractivity contribution in [2.75, 3.05) is 11.9 Å². The van der Waals surface area contributed by atoms with Gasteiger partial charge in [0.25, 0.3) is 5.69 Å². The second-order valence-corrected chi connectivity index (χ2v) is 6.09. The zero-order chi connectivity index (χ0) is 17.8. The molecule has 1 aliphatic rings. The molecule has 1 saturated carbocycles. The minimum absolute atomic E-state index is 0.132. The molecular weight excluding hydrogens is 325 g/mol. The van der Waals surface area contributed by atoms with E-state index in [0.29, 0.717) is 12.6 Å². The largest absolute Gasteiger partial charge is 0.319 e. The van der Waals surface area contributed by atoms with Crippen LogP contribution in [0.3, 0.4) is 0 Å². The van der Waals surface area contributed by atoms with Gasteiger partial charge in [0, 0.05) is 18.7 Å². The summed E-state index contributed by atoms with van der Waals surface area (Å²) < 4.78 is 13.0. The molecule has 0 aromatic heterocycles. The molecule has 0 radical (unpaired) electrons. The third-order valence-electron chi connectivity index (χ3n) is 4.08. The number of para-hydroxylation sites is 2. The van der Waals surface area contributed by atoms with Crippen LogP contribution in [-0.2, 0) is 11.3 Å². The predicted octanol–water partition coefficient (Wildman–Crippen LogP) is 3.34. The first-order valence-electron chi connectivity index (χ1n) is 8.04. The topological polar surface area (TPSA) is 75.5 Å². The van der Waals surface area contributed by atoms with Crippen molar-refractivity contribution >= 4 is 17.3 Å². The number of anilines is 1. The smallest absolute Gasteiger partial charge is 0.292 e. The Balaban J connectivity index is 1.65. The third-order valence-corrected chi connectivity index (χ3v) is 4.08. The maximum Gasteiger partial charge on any atom is 0.292 e. The van der Waals surface area contributed by atoms with Crippen LogP contribution < -0.4 is 5.32 Å². The standard InChI is InChI=1S/C18H18FN3O3/c19-14-7-5-13(6-8-14)11-21(15-9-10-15)12-18(23)20-16-3-1-2-4-17(16)22(24)25/h1-8,15H,9-12H2,(H,20,23). The lowest BCUT2D eigenvalue weighted by atomic mass is 10.2. The molecule has 0 atom stereocenters. The van der Waals surface area contributed by atoms with Gasteiger partial charge in [-0.3, -0.25) is 19.8 Å². The van der Waals surface area contributed by atoms with Gasteiger partial charge in [0.05, 0.1) is 11.5 Å². The number of rotatable bonds is 7. The Morgan fingerprint density at radius 2 is 1.88 bits per heavy atom. The average Bonchev–Trinajstić information content (AvgIpc) is 3.41. The van der Waals surface area contributed by atoms with Gasteiger partial charge in [-0.15, -0.1) is 0 Å². The maximum absolute atomic E-state index is 13.0. The van der Waals surface area contributed by atoms with Crippen molar-refractivity contribution in [1.82, 2.24) is 4.90 Å². The van der Waals surface area contributed by atoms with Gasteiger partial charge in [0.15, 0.2) is 0 Å².